The lowest BCUT2D eigenvalue weighted by atomic mass is 9.66. The van der Waals surface area contributed by atoms with Crippen molar-refractivity contribution in [3.05, 3.63) is 216 Å². The van der Waals surface area contributed by atoms with Gasteiger partial charge in [-0.05, 0) is 69.8 Å². The normalized spacial score (nSPS) is 13.2. The zero-order chi connectivity index (χ0) is 37.5. The summed E-state index contributed by atoms with van der Waals surface area (Å²) in [6.07, 6.45) is 0. The zero-order valence-corrected chi connectivity index (χ0v) is 31.5. The number of hydrogen-bond acceptors (Lipinski definition) is 4. The molecule has 0 radical (unpaired) electrons. The molecule has 266 valence electrons. The summed E-state index contributed by atoms with van der Waals surface area (Å²) in [4.78, 5) is 10.4. The highest BCUT2D eigenvalue weighted by atomic mass is 32.1. The second-order valence-corrected chi connectivity index (χ2v) is 15.9. The van der Waals surface area contributed by atoms with Gasteiger partial charge in [-0.25, -0.2) is 9.97 Å². The molecule has 0 N–H and O–H groups in total. The molecule has 3 nitrogen and oxygen atoms in total. The molecule has 1 aliphatic heterocycles. The highest BCUT2D eigenvalue weighted by Crippen LogP contribution is 2.62. The number of para-hydroxylation sites is 1. The molecular weight excluding hydrogens is 713 g/mol. The Kier molecular flexibility index (Phi) is 7.01. The SMILES string of the molecule is c1ccc(-c2cc(-c3ccc4c(c3)sc3ccccc34)nc(-c3ccc(-c4ccc5c(c4)C4(c6ccccc6O5)c5ccccc5-c5ccccc54)cc3)n2)cc1. The molecule has 0 amide bonds. The number of ether oxygens (including phenoxy) is 1. The van der Waals surface area contributed by atoms with Gasteiger partial charge in [-0.2, -0.15) is 0 Å². The third-order valence-electron chi connectivity index (χ3n) is 11.8. The molecule has 57 heavy (non-hydrogen) atoms. The maximum absolute atomic E-state index is 6.68. The van der Waals surface area contributed by atoms with Crippen LogP contribution in [-0.2, 0) is 5.41 Å². The molecule has 2 aromatic heterocycles. The summed E-state index contributed by atoms with van der Waals surface area (Å²) in [5, 5.41) is 2.57. The van der Waals surface area contributed by atoms with Crippen LogP contribution in [0, 0.1) is 0 Å². The van der Waals surface area contributed by atoms with E-state index >= 15 is 0 Å². The lowest BCUT2D eigenvalue weighted by Gasteiger charge is -2.39. The molecule has 0 saturated carbocycles. The number of thiophene rings is 1. The first kappa shape index (κ1) is 32.1. The maximum atomic E-state index is 6.68. The minimum absolute atomic E-state index is 0.506. The minimum atomic E-state index is -0.506. The van der Waals surface area contributed by atoms with Gasteiger partial charge >= 0.3 is 0 Å². The molecule has 0 atom stereocenters. The Bertz CT molecular complexity index is 3170. The monoisotopic (exact) mass is 744 g/mol. The molecule has 0 saturated heterocycles. The summed E-state index contributed by atoms with van der Waals surface area (Å²) in [6.45, 7) is 0. The molecule has 1 aliphatic carbocycles. The zero-order valence-electron chi connectivity index (χ0n) is 30.7. The highest BCUT2D eigenvalue weighted by molar-refractivity contribution is 7.25. The summed E-state index contributed by atoms with van der Waals surface area (Å²) in [7, 11) is 0. The van der Waals surface area contributed by atoms with Crippen LogP contribution in [0.3, 0.4) is 0 Å². The summed E-state index contributed by atoms with van der Waals surface area (Å²) in [5.74, 6) is 2.48. The summed E-state index contributed by atoms with van der Waals surface area (Å²) in [6, 6.07) is 69.4. The smallest absolute Gasteiger partial charge is 0.160 e. The Balaban J connectivity index is 0.976. The fourth-order valence-electron chi connectivity index (χ4n) is 9.21. The topological polar surface area (TPSA) is 35.0 Å². The molecule has 1 spiro atoms. The number of fused-ring (bicyclic) bond motifs is 12. The number of benzene rings is 8. The molecule has 0 unspecified atom stereocenters. The van der Waals surface area contributed by atoms with Crippen LogP contribution in [0.4, 0.5) is 0 Å². The first-order valence-corrected chi connectivity index (χ1v) is 20.1. The molecule has 12 rings (SSSR count). The van der Waals surface area contributed by atoms with Crippen molar-refractivity contribution in [3.63, 3.8) is 0 Å². The van der Waals surface area contributed by atoms with Crippen molar-refractivity contribution in [3.8, 4) is 67.7 Å². The Hall–Kier alpha value is -7.14. The van der Waals surface area contributed by atoms with Crippen molar-refractivity contribution in [2.45, 2.75) is 5.41 Å². The molecular formula is C53H32N2OS. The van der Waals surface area contributed by atoms with E-state index in [0.717, 1.165) is 56.3 Å². The van der Waals surface area contributed by atoms with Gasteiger partial charge in [0.1, 0.15) is 11.5 Å². The predicted molar refractivity (Wildman–Crippen MR) is 234 cm³/mol. The number of rotatable bonds is 4. The summed E-state index contributed by atoms with van der Waals surface area (Å²) >= 11 is 1.82. The van der Waals surface area contributed by atoms with Crippen LogP contribution in [0.15, 0.2) is 194 Å². The van der Waals surface area contributed by atoms with Gasteiger partial charge in [0.15, 0.2) is 5.82 Å². The van der Waals surface area contributed by atoms with E-state index in [1.54, 1.807) is 0 Å². The predicted octanol–water partition coefficient (Wildman–Crippen LogP) is 14.0. The van der Waals surface area contributed by atoms with Crippen LogP contribution in [0.1, 0.15) is 22.3 Å². The van der Waals surface area contributed by atoms with Crippen LogP contribution in [0.2, 0.25) is 0 Å². The maximum Gasteiger partial charge on any atom is 0.160 e. The van der Waals surface area contributed by atoms with Crippen LogP contribution < -0.4 is 4.74 Å². The van der Waals surface area contributed by atoms with E-state index in [1.165, 1.54) is 48.0 Å². The fraction of sp³-hybridized carbons (Fsp3) is 0.0189. The molecule has 4 heteroatoms. The van der Waals surface area contributed by atoms with Gasteiger partial charge < -0.3 is 4.74 Å². The molecule has 10 aromatic rings. The summed E-state index contributed by atoms with van der Waals surface area (Å²) < 4.78 is 9.23. The lowest BCUT2D eigenvalue weighted by molar-refractivity contribution is 0.436. The first-order valence-electron chi connectivity index (χ1n) is 19.3. The van der Waals surface area contributed by atoms with Crippen molar-refractivity contribution >= 4 is 31.5 Å². The van der Waals surface area contributed by atoms with Crippen molar-refractivity contribution in [1.29, 1.82) is 0 Å². The van der Waals surface area contributed by atoms with Gasteiger partial charge in [0.2, 0.25) is 0 Å². The second kappa shape index (κ2) is 12.4. The van der Waals surface area contributed by atoms with Gasteiger partial charge in [-0.1, -0.05) is 158 Å². The van der Waals surface area contributed by atoms with E-state index in [0.29, 0.717) is 5.82 Å². The standard InChI is InChI=1S/C53H32N2OS/c1-2-12-34(13-3-1)46-32-47(37-26-28-41-40-16-6-11-21-50(40)57-51(41)31-37)55-52(54-46)35-24-22-33(23-25-35)36-27-29-49-45(30-36)53(44-19-9-10-20-48(44)56-49)42-17-7-4-14-38(42)39-15-5-8-18-43(39)53/h1-32H. The molecule has 0 fully saturated rings. The largest absolute Gasteiger partial charge is 0.457 e. The third-order valence-corrected chi connectivity index (χ3v) is 12.9. The highest BCUT2D eigenvalue weighted by Gasteiger charge is 2.51. The van der Waals surface area contributed by atoms with Gasteiger partial charge in [0.25, 0.3) is 0 Å². The molecule has 8 aromatic carbocycles. The van der Waals surface area contributed by atoms with Crippen molar-refractivity contribution in [2.24, 2.45) is 0 Å². The van der Waals surface area contributed by atoms with Gasteiger partial charge in [-0.3, -0.25) is 0 Å². The Morgan fingerprint density at radius 3 is 1.74 bits per heavy atom. The van der Waals surface area contributed by atoms with E-state index < -0.39 is 5.41 Å². The van der Waals surface area contributed by atoms with Crippen molar-refractivity contribution < 1.29 is 4.74 Å². The van der Waals surface area contributed by atoms with Crippen LogP contribution in [-0.4, -0.2) is 9.97 Å². The fourth-order valence-corrected chi connectivity index (χ4v) is 10.4. The molecule has 3 heterocycles. The van der Waals surface area contributed by atoms with E-state index in [-0.39, 0.29) is 0 Å². The minimum Gasteiger partial charge on any atom is -0.457 e. The van der Waals surface area contributed by atoms with Crippen molar-refractivity contribution in [2.75, 3.05) is 0 Å². The quantitative estimate of drug-likeness (QED) is 0.180. The van der Waals surface area contributed by atoms with Gasteiger partial charge in [0.05, 0.1) is 16.8 Å². The summed E-state index contributed by atoms with van der Waals surface area (Å²) in [5.41, 5.74) is 14.1. The molecule has 2 aliphatic rings. The number of hydrogen-bond donors (Lipinski definition) is 0. The lowest BCUT2D eigenvalue weighted by Crippen LogP contribution is -2.32. The Morgan fingerprint density at radius 1 is 0.368 bits per heavy atom. The average Bonchev–Trinajstić information content (AvgIpc) is 3.80. The Labute approximate surface area is 334 Å². The van der Waals surface area contributed by atoms with E-state index in [9.17, 15) is 0 Å². The number of nitrogens with zero attached hydrogens (tertiary/aromatic N) is 2. The van der Waals surface area contributed by atoms with E-state index in [2.05, 4.69) is 188 Å². The second-order valence-electron chi connectivity index (χ2n) is 14.9. The van der Waals surface area contributed by atoms with Crippen LogP contribution in [0.25, 0.3) is 76.3 Å². The van der Waals surface area contributed by atoms with Gasteiger partial charge in [-0.15, -0.1) is 11.3 Å². The Morgan fingerprint density at radius 2 is 0.947 bits per heavy atom. The van der Waals surface area contributed by atoms with E-state index in [4.69, 9.17) is 14.7 Å². The van der Waals surface area contributed by atoms with Crippen molar-refractivity contribution in [1.82, 2.24) is 9.97 Å². The number of aromatic nitrogens is 2. The van der Waals surface area contributed by atoms with Crippen LogP contribution in [0.5, 0.6) is 11.5 Å². The van der Waals surface area contributed by atoms with Gasteiger partial charge in [0, 0.05) is 48.0 Å². The third kappa shape index (κ3) is 4.84. The van der Waals surface area contributed by atoms with E-state index in [1.807, 2.05) is 17.4 Å². The molecule has 0 bridgehead atoms. The van der Waals surface area contributed by atoms with Crippen LogP contribution >= 0.6 is 11.3 Å². The average molecular weight is 745 g/mol. The first-order chi connectivity index (χ1) is 28.2.